The summed E-state index contributed by atoms with van der Waals surface area (Å²) in [4.78, 5) is 8.71. The highest BCUT2D eigenvalue weighted by atomic mass is 79.9. The van der Waals surface area contributed by atoms with Gasteiger partial charge in [-0.3, -0.25) is 4.99 Å². The molecule has 1 saturated carbocycles. The van der Waals surface area contributed by atoms with Crippen LogP contribution in [0.2, 0.25) is 0 Å². The molecule has 5 nitrogen and oxygen atoms in total. The van der Waals surface area contributed by atoms with E-state index in [0.717, 1.165) is 28.4 Å². The van der Waals surface area contributed by atoms with Crippen LogP contribution in [-0.4, -0.2) is 24.5 Å². The summed E-state index contributed by atoms with van der Waals surface area (Å²) >= 11 is 3.59. The van der Waals surface area contributed by atoms with Crippen LogP contribution in [0.3, 0.4) is 0 Å². The molecule has 0 aliphatic heterocycles. The monoisotopic (exact) mass is 404 g/mol. The van der Waals surface area contributed by atoms with Crippen LogP contribution in [-0.2, 0) is 12.0 Å². The number of halogens is 1. The second kappa shape index (κ2) is 7.60. The predicted molar refractivity (Wildman–Crippen MR) is 104 cm³/mol. The van der Waals surface area contributed by atoms with E-state index in [4.69, 9.17) is 4.42 Å². The first kappa shape index (κ1) is 18.0. The van der Waals surface area contributed by atoms with Crippen LogP contribution in [0.15, 0.2) is 38.1 Å². The molecule has 0 spiro atoms. The Labute approximate surface area is 157 Å². The minimum Gasteiger partial charge on any atom is -0.444 e. The second-order valence-electron chi connectivity index (χ2n) is 6.67. The minimum absolute atomic E-state index is 0.192. The molecule has 1 heterocycles. The van der Waals surface area contributed by atoms with E-state index in [2.05, 4.69) is 60.8 Å². The lowest BCUT2D eigenvalue weighted by Gasteiger charge is -2.43. The SMILES string of the molecule is CN=C(NCc1nc(C)c(C)o1)NCC1(c2cccc(Br)c2)CCC1. The normalized spacial score (nSPS) is 16.4. The van der Waals surface area contributed by atoms with Crippen molar-refractivity contribution in [3.8, 4) is 0 Å². The van der Waals surface area contributed by atoms with Gasteiger partial charge in [-0.1, -0.05) is 34.5 Å². The molecule has 0 amide bonds. The van der Waals surface area contributed by atoms with Crippen molar-refractivity contribution in [1.29, 1.82) is 0 Å². The number of oxazole rings is 1. The van der Waals surface area contributed by atoms with Gasteiger partial charge >= 0.3 is 0 Å². The zero-order valence-corrected chi connectivity index (χ0v) is 16.6. The molecule has 1 aliphatic carbocycles. The Morgan fingerprint density at radius 2 is 2.12 bits per heavy atom. The highest BCUT2D eigenvalue weighted by molar-refractivity contribution is 9.10. The first-order valence-electron chi connectivity index (χ1n) is 8.66. The lowest BCUT2D eigenvalue weighted by molar-refractivity contribution is 0.243. The number of aliphatic imine (C=N–C) groups is 1. The maximum absolute atomic E-state index is 5.61. The summed E-state index contributed by atoms with van der Waals surface area (Å²) in [6, 6.07) is 8.64. The number of nitrogens with zero attached hydrogens (tertiary/aromatic N) is 2. The summed E-state index contributed by atoms with van der Waals surface area (Å²) < 4.78 is 6.74. The van der Waals surface area contributed by atoms with Gasteiger partial charge in [0.1, 0.15) is 5.76 Å². The number of nitrogens with one attached hydrogen (secondary N) is 2. The maximum Gasteiger partial charge on any atom is 0.214 e. The first-order valence-corrected chi connectivity index (χ1v) is 9.45. The molecule has 0 radical (unpaired) electrons. The zero-order valence-electron chi connectivity index (χ0n) is 15.0. The van der Waals surface area contributed by atoms with Crippen molar-refractivity contribution in [3.05, 3.63) is 51.6 Å². The van der Waals surface area contributed by atoms with Gasteiger partial charge in [0.05, 0.1) is 12.2 Å². The number of hydrogen-bond acceptors (Lipinski definition) is 3. The highest BCUT2D eigenvalue weighted by Crippen LogP contribution is 2.43. The Hall–Kier alpha value is -1.82. The molecule has 2 N–H and O–H groups in total. The molecular formula is C19H25BrN4O. The van der Waals surface area contributed by atoms with Gasteiger partial charge in [-0.25, -0.2) is 4.98 Å². The molecule has 134 valence electrons. The largest absolute Gasteiger partial charge is 0.444 e. The number of rotatable bonds is 5. The van der Waals surface area contributed by atoms with Gasteiger partial charge in [0, 0.05) is 23.5 Å². The van der Waals surface area contributed by atoms with Crippen LogP contribution < -0.4 is 10.6 Å². The van der Waals surface area contributed by atoms with E-state index in [9.17, 15) is 0 Å². The average Bonchev–Trinajstić information content (AvgIpc) is 2.87. The van der Waals surface area contributed by atoms with Crippen LogP contribution in [0, 0.1) is 13.8 Å². The lowest BCUT2D eigenvalue weighted by atomic mass is 9.64. The topological polar surface area (TPSA) is 62.5 Å². The summed E-state index contributed by atoms with van der Waals surface area (Å²) in [6.45, 7) is 5.27. The third-order valence-corrected chi connectivity index (χ3v) is 5.54. The van der Waals surface area contributed by atoms with Gasteiger partial charge in [0.15, 0.2) is 5.96 Å². The summed E-state index contributed by atoms with van der Waals surface area (Å²) in [7, 11) is 1.79. The van der Waals surface area contributed by atoms with Crippen LogP contribution >= 0.6 is 15.9 Å². The highest BCUT2D eigenvalue weighted by Gasteiger charge is 2.38. The fraction of sp³-hybridized carbons (Fsp3) is 0.474. The Balaban J connectivity index is 1.60. The third kappa shape index (κ3) is 4.06. The Kier molecular flexibility index (Phi) is 5.47. The number of aromatic nitrogens is 1. The fourth-order valence-electron chi connectivity index (χ4n) is 3.24. The van der Waals surface area contributed by atoms with E-state index in [1.807, 2.05) is 13.8 Å². The predicted octanol–water partition coefficient (Wildman–Crippen LogP) is 3.84. The van der Waals surface area contributed by atoms with Gasteiger partial charge in [0.2, 0.25) is 5.89 Å². The van der Waals surface area contributed by atoms with E-state index < -0.39 is 0 Å². The molecule has 1 aromatic heterocycles. The minimum atomic E-state index is 0.192. The van der Waals surface area contributed by atoms with Gasteiger partial charge in [-0.05, 0) is 44.4 Å². The molecule has 1 aromatic carbocycles. The van der Waals surface area contributed by atoms with Crippen molar-refractivity contribution in [3.63, 3.8) is 0 Å². The lowest BCUT2D eigenvalue weighted by Crippen LogP contribution is -2.48. The molecule has 1 aliphatic rings. The Morgan fingerprint density at radius 1 is 1.32 bits per heavy atom. The number of aryl methyl sites for hydroxylation is 2. The Morgan fingerprint density at radius 3 is 2.68 bits per heavy atom. The van der Waals surface area contributed by atoms with E-state index in [1.165, 1.54) is 24.8 Å². The smallest absolute Gasteiger partial charge is 0.214 e. The molecule has 25 heavy (non-hydrogen) atoms. The van der Waals surface area contributed by atoms with Crippen LogP contribution in [0.1, 0.15) is 42.2 Å². The number of hydrogen-bond donors (Lipinski definition) is 2. The van der Waals surface area contributed by atoms with Gasteiger partial charge in [-0.2, -0.15) is 0 Å². The fourth-order valence-corrected chi connectivity index (χ4v) is 3.64. The molecule has 0 atom stereocenters. The first-order chi connectivity index (χ1) is 12.0. The van der Waals surface area contributed by atoms with E-state index in [1.54, 1.807) is 7.05 Å². The van der Waals surface area contributed by atoms with Gasteiger partial charge in [0.25, 0.3) is 0 Å². The zero-order chi connectivity index (χ0) is 17.9. The Bertz CT molecular complexity index is 745. The van der Waals surface area contributed by atoms with Crippen molar-refractivity contribution in [1.82, 2.24) is 15.6 Å². The average molecular weight is 405 g/mol. The molecule has 0 bridgehead atoms. The van der Waals surface area contributed by atoms with Crippen LogP contribution in [0.5, 0.6) is 0 Å². The second-order valence-corrected chi connectivity index (χ2v) is 7.59. The molecule has 6 heteroatoms. The van der Waals surface area contributed by atoms with E-state index in [-0.39, 0.29) is 5.41 Å². The standard InChI is InChI=1S/C19H25BrN4O/c1-13-14(2)25-17(24-13)11-22-18(21-3)23-12-19(8-5-9-19)15-6-4-7-16(20)10-15/h4,6-7,10H,5,8-9,11-12H2,1-3H3,(H2,21,22,23). The molecule has 1 fully saturated rings. The van der Waals surface area contributed by atoms with E-state index in [0.29, 0.717) is 12.4 Å². The molecular weight excluding hydrogens is 380 g/mol. The van der Waals surface area contributed by atoms with Gasteiger partial charge in [-0.15, -0.1) is 0 Å². The summed E-state index contributed by atoms with van der Waals surface area (Å²) in [5.74, 6) is 2.32. The molecule has 0 saturated heterocycles. The van der Waals surface area contributed by atoms with Gasteiger partial charge < -0.3 is 15.1 Å². The van der Waals surface area contributed by atoms with Crippen molar-refractivity contribution in [2.75, 3.05) is 13.6 Å². The van der Waals surface area contributed by atoms with Crippen molar-refractivity contribution >= 4 is 21.9 Å². The number of guanidine groups is 1. The quantitative estimate of drug-likeness (QED) is 0.586. The molecule has 0 unspecified atom stereocenters. The molecule has 2 aromatic rings. The van der Waals surface area contributed by atoms with Crippen LogP contribution in [0.25, 0.3) is 0 Å². The van der Waals surface area contributed by atoms with Crippen molar-refractivity contribution < 1.29 is 4.42 Å². The van der Waals surface area contributed by atoms with Crippen molar-refractivity contribution in [2.45, 2.75) is 45.1 Å². The number of benzene rings is 1. The van der Waals surface area contributed by atoms with Crippen molar-refractivity contribution in [2.24, 2.45) is 4.99 Å². The maximum atomic E-state index is 5.61. The van der Waals surface area contributed by atoms with Crippen LogP contribution in [0.4, 0.5) is 0 Å². The summed E-state index contributed by atoms with van der Waals surface area (Å²) in [5, 5.41) is 6.76. The van der Waals surface area contributed by atoms with E-state index >= 15 is 0 Å². The summed E-state index contributed by atoms with van der Waals surface area (Å²) in [5.41, 5.74) is 2.51. The molecule has 3 rings (SSSR count). The third-order valence-electron chi connectivity index (χ3n) is 5.05. The summed E-state index contributed by atoms with van der Waals surface area (Å²) in [6.07, 6.45) is 3.67.